The first-order valence-corrected chi connectivity index (χ1v) is 6.82. The molecule has 0 amide bonds. The van der Waals surface area contributed by atoms with Crippen molar-refractivity contribution in [3.8, 4) is 28.4 Å². The zero-order valence-corrected chi connectivity index (χ0v) is 11.6. The fourth-order valence-corrected chi connectivity index (χ4v) is 2.45. The molecule has 1 aromatic carbocycles. The minimum atomic E-state index is 0.238. The first-order chi connectivity index (χ1) is 10.9. The smallest absolute Gasteiger partial charge is 0.231 e. The van der Waals surface area contributed by atoms with Crippen LogP contribution in [0, 0.1) is 0 Å². The fourth-order valence-electron chi connectivity index (χ4n) is 2.45. The Labute approximate surface area is 126 Å². The van der Waals surface area contributed by atoms with Crippen LogP contribution in [0.5, 0.6) is 11.5 Å². The molecule has 22 heavy (non-hydrogen) atoms. The van der Waals surface area contributed by atoms with Gasteiger partial charge in [-0.25, -0.2) is 4.68 Å². The highest BCUT2D eigenvalue weighted by Gasteiger charge is 2.18. The van der Waals surface area contributed by atoms with Gasteiger partial charge in [-0.15, -0.1) is 5.10 Å². The van der Waals surface area contributed by atoms with Gasteiger partial charge >= 0.3 is 0 Å². The number of hydrogen-bond acceptors (Lipinski definition) is 6. The van der Waals surface area contributed by atoms with E-state index in [1.807, 2.05) is 30.3 Å². The minimum Gasteiger partial charge on any atom is -0.454 e. The van der Waals surface area contributed by atoms with E-state index in [0.29, 0.717) is 12.3 Å². The van der Waals surface area contributed by atoms with Gasteiger partial charge in [0.05, 0.1) is 11.4 Å². The zero-order valence-electron chi connectivity index (χ0n) is 11.6. The molecule has 7 heteroatoms. The predicted octanol–water partition coefficient (Wildman–Crippen LogP) is 1.52. The maximum atomic E-state index is 5.79. The number of fused-ring (bicyclic) bond motifs is 1. The molecule has 4 rings (SSSR count). The molecule has 0 atom stereocenters. The van der Waals surface area contributed by atoms with Crippen molar-refractivity contribution in [2.24, 2.45) is 5.73 Å². The lowest BCUT2D eigenvalue weighted by atomic mass is 10.1. The third-order valence-electron chi connectivity index (χ3n) is 3.49. The summed E-state index contributed by atoms with van der Waals surface area (Å²) in [6, 6.07) is 9.45. The number of pyridine rings is 1. The van der Waals surface area contributed by atoms with Crippen LogP contribution in [-0.4, -0.2) is 26.8 Å². The van der Waals surface area contributed by atoms with Gasteiger partial charge in [-0.1, -0.05) is 5.21 Å². The summed E-state index contributed by atoms with van der Waals surface area (Å²) in [5.41, 5.74) is 9.16. The van der Waals surface area contributed by atoms with Crippen molar-refractivity contribution >= 4 is 0 Å². The monoisotopic (exact) mass is 295 g/mol. The number of hydrogen-bond donors (Lipinski definition) is 1. The van der Waals surface area contributed by atoms with E-state index in [0.717, 1.165) is 28.4 Å². The molecule has 2 N–H and O–H groups in total. The van der Waals surface area contributed by atoms with E-state index in [-0.39, 0.29) is 6.79 Å². The summed E-state index contributed by atoms with van der Waals surface area (Å²) in [6.45, 7) is 0.545. The van der Waals surface area contributed by atoms with Gasteiger partial charge in [0.15, 0.2) is 11.5 Å². The van der Waals surface area contributed by atoms with E-state index >= 15 is 0 Å². The summed E-state index contributed by atoms with van der Waals surface area (Å²) in [5.74, 6) is 1.43. The summed E-state index contributed by atoms with van der Waals surface area (Å²) in [7, 11) is 0. The molecule has 0 spiro atoms. The molecule has 110 valence electrons. The van der Waals surface area contributed by atoms with E-state index in [4.69, 9.17) is 15.2 Å². The molecule has 0 unspecified atom stereocenters. The van der Waals surface area contributed by atoms with Gasteiger partial charge < -0.3 is 15.2 Å². The Hall–Kier alpha value is -2.93. The Kier molecular flexibility index (Phi) is 2.97. The molecule has 3 aromatic rings. The lowest BCUT2D eigenvalue weighted by Crippen LogP contribution is -2.02. The fraction of sp³-hybridized carbons (Fsp3) is 0.133. The van der Waals surface area contributed by atoms with E-state index in [1.165, 1.54) is 0 Å². The van der Waals surface area contributed by atoms with Crippen molar-refractivity contribution in [1.82, 2.24) is 20.0 Å². The molecule has 3 heterocycles. The molecule has 2 aromatic heterocycles. The van der Waals surface area contributed by atoms with Crippen LogP contribution in [0.2, 0.25) is 0 Å². The average Bonchev–Trinajstić information content (AvgIpc) is 3.21. The molecule has 0 saturated carbocycles. The predicted molar refractivity (Wildman–Crippen MR) is 78.6 cm³/mol. The Bertz CT molecular complexity index is 816. The lowest BCUT2D eigenvalue weighted by Gasteiger charge is -2.08. The van der Waals surface area contributed by atoms with Crippen LogP contribution in [0.3, 0.4) is 0 Å². The number of benzene rings is 1. The highest BCUT2D eigenvalue weighted by atomic mass is 16.7. The quantitative estimate of drug-likeness (QED) is 0.788. The molecule has 0 bridgehead atoms. The van der Waals surface area contributed by atoms with Crippen LogP contribution in [0.4, 0.5) is 0 Å². The van der Waals surface area contributed by atoms with Gasteiger partial charge in [0.1, 0.15) is 5.69 Å². The highest BCUT2D eigenvalue weighted by Crippen LogP contribution is 2.35. The maximum absolute atomic E-state index is 5.79. The standard InChI is InChI=1S/C15H13N5O2/c16-8-12-15(10-3-5-17-6-4-10)20(19-18-12)11-1-2-13-14(7-11)22-9-21-13/h1-7H,8-9,16H2. The molecule has 7 nitrogen and oxygen atoms in total. The number of rotatable bonds is 3. The van der Waals surface area contributed by atoms with Crippen molar-refractivity contribution in [2.75, 3.05) is 6.79 Å². The van der Waals surface area contributed by atoms with Crippen LogP contribution < -0.4 is 15.2 Å². The lowest BCUT2D eigenvalue weighted by molar-refractivity contribution is 0.174. The molecule has 0 aliphatic carbocycles. The van der Waals surface area contributed by atoms with Crippen LogP contribution in [-0.2, 0) is 6.54 Å². The summed E-state index contributed by atoms with van der Waals surface area (Å²) in [6.07, 6.45) is 3.46. The third kappa shape index (κ3) is 1.99. The van der Waals surface area contributed by atoms with E-state index in [1.54, 1.807) is 17.1 Å². The SMILES string of the molecule is NCc1nnn(-c2ccc3c(c2)OCO3)c1-c1ccncc1. The molecule has 0 saturated heterocycles. The van der Waals surface area contributed by atoms with Gasteiger partial charge in [-0.3, -0.25) is 4.98 Å². The number of nitrogens with two attached hydrogens (primary N) is 1. The van der Waals surface area contributed by atoms with Crippen LogP contribution in [0.1, 0.15) is 5.69 Å². The normalized spacial score (nSPS) is 12.6. The summed E-state index contributed by atoms with van der Waals surface area (Å²) >= 11 is 0. The van der Waals surface area contributed by atoms with Gasteiger partial charge in [-0.05, 0) is 24.3 Å². The number of nitrogens with zero attached hydrogens (tertiary/aromatic N) is 4. The average molecular weight is 295 g/mol. The van der Waals surface area contributed by atoms with Gasteiger partial charge in [-0.2, -0.15) is 0 Å². The molecule has 1 aliphatic heterocycles. The van der Waals surface area contributed by atoms with Gasteiger partial charge in [0.2, 0.25) is 6.79 Å². The summed E-state index contributed by atoms with van der Waals surface area (Å²) in [4.78, 5) is 4.04. The van der Waals surface area contributed by atoms with Crippen molar-refractivity contribution < 1.29 is 9.47 Å². The summed E-state index contributed by atoms with van der Waals surface area (Å²) in [5, 5.41) is 8.41. The Morgan fingerprint density at radius 2 is 1.91 bits per heavy atom. The van der Waals surface area contributed by atoms with E-state index < -0.39 is 0 Å². The second kappa shape index (κ2) is 5.12. The van der Waals surface area contributed by atoms with Crippen molar-refractivity contribution in [1.29, 1.82) is 0 Å². The molecule has 1 aliphatic rings. The van der Waals surface area contributed by atoms with Crippen LogP contribution in [0.25, 0.3) is 16.9 Å². The van der Waals surface area contributed by atoms with Gasteiger partial charge in [0, 0.05) is 30.6 Å². The van der Waals surface area contributed by atoms with E-state index in [9.17, 15) is 0 Å². The van der Waals surface area contributed by atoms with Crippen molar-refractivity contribution in [2.45, 2.75) is 6.54 Å². The van der Waals surface area contributed by atoms with Crippen molar-refractivity contribution in [3.05, 3.63) is 48.4 Å². The second-order valence-corrected chi connectivity index (χ2v) is 4.77. The Morgan fingerprint density at radius 3 is 2.73 bits per heavy atom. The van der Waals surface area contributed by atoms with Crippen molar-refractivity contribution in [3.63, 3.8) is 0 Å². The molecular formula is C15H13N5O2. The zero-order chi connectivity index (χ0) is 14.9. The highest BCUT2D eigenvalue weighted by molar-refractivity contribution is 5.64. The first-order valence-electron chi connectivity index (χ1n) is 6.82. The van der Waals surface area contributed by atoms with Crippen LogP contribution >= 0.6 is 0 Å². The van der Waals surface area contributed by atoms with Crippen LogP contribution in [0.15, 0.2) is 42.7 Å². The Morgan fingerprint density at radius 1 is 1.09 bits per heavy atom. The Balaban J connectivity index is 1.87. The van der Waals surface area contributed by atoms with E-state index in [2.05, 4.69) is 15.3 Å². The molecule has 0 radical (unpaired) electrons. The number of aromatic nitrogens is 4. The molecular weight excluding hydrogens is 282 g/mol. The number of ether oxygens (including phenoxy) is 2. The third-order valence-corrected chi connectivity index (χ3v) is 3.49. The second-order valence-electron chi connectivity index (χ2n) is 4.77. The topological polar surface area (TPSA) is 88.1 Å². The minimum absolute atomic E-state index is 0.238. The summed E-state index contributed by atoms with van der Waals surface area (Å²) < 4.78 is 12.5. The largest absolute Gasteiger partial charge is 0.454 e. The molecule has 0 fully saturated rings. The maximum Gasteiger partial charge on any atom is 0.231 e. The van der Waals surface area contributed by atoms with Gasteiger partial charge in [0.25, 0.3) is 0 Å². The first kappa shape index (κ1) is 12.8.